The number of nitrogens with one attached hydrogen (secondary N) is 1. The van der Waals surface area contributed by atoms with Crippen LogP contribution >= 0.6 is 0 Å². The van der Waals surface area contributed by atoms with E-state index in [0.29, 0.717) is 31.0 Å². The average Bonchev–Trinajstić information content (AvgIpc) is 2.96. The van der Waals surface area contributed by atoms with Gasteiger partial charge in [-0.15, -0.1) is 0 Å². The largest absolute Gasteiger partial charge is 0.492 e. The zero-order valence-corrected chi connectivity index (χ0v) is 12.0. The van der Waals surface area contributed by atoms with Gasteiger partial charge in [-0.1, -0.05) is 0 Å². The fraction of sp³-hybridized carbons (Fsp3) is 0.533. The Morgan fingerprint density at radius 3 is 2.85 bits per heavy atom. The second-order valence-electron chi connectivity index (χ2n) is 4.95. The smallest absolute Gasteiger partial charge is 0.224 e. The molecule has 0 saturated carbocycles. The molecule has 1 aromatic rings. The van der Waals surface area contributed by atoms with Crippen LogP contribution < -0.4 is 15.8 Å². The van der Waals surface area contributed by atoms with E-state index in [4.69, 9.17) is 10.5 Å². The first-order valence-electron chi connectivity index (χ1n) is 7.24. The number of nitrogens with zero attached hydrogens (tertiary/aromatic N) is 1. The molecule has 1 amide bonds. The molecule has 1 aromatic carbocycles. The van der Waals surface area contributed by atoms with Crippen LogP contribution in [-0.2, 0) is 4.79 Å². The van der Waals surface area contributed by atoms with Crippen LogP contribution in [0, 0.1) is 0 Å². The van der Waals surface area contributed by atoms with Crippen LogP contribution in [0.5, 0.6) is 5.75 Å². The number of amides is 1. The third-order valence-corrected chi connectivity index (χ3v) is 3.44. The predicted molar refractivity (Wildman–Crippen MR) is 80.9 cm³/mol. The number of likely N-dealkylation sites (tertiary alicyclic amines) is 1. The number of hydrogen-bond acceptors (Lipinski definition) is 4. The molecular formula is C15H23N3O2. The summed E-state index contributed by atoms with van der Waals surface area (Å²) in [5.41, 5.74) is 7.38. The molecule has 5 nitrogen and oxygen atoms in total. The van der Waals surface area contributed by atoms with Gasteiger partial charge in [-0.2, -0.15) is 0 Å². The van der Waals surface area contributed by atoms with Crippen molar-refractivity contribution in [2.45, 2.75) is 26.2 Å². The van der Waals surface area contributed by atoms with Crippen molar-refractivity contribution in [2.75, 3.05) is 37.3 Å². The predicted octanol–water partition coefficient (Wildman–Crippen LogP) is 2.09. The number of carbonyl (C=O) groups is 1. The molecule has 1 fully saturated rings. The van der Waals surface area contributed by atoms with Crippen molar-refractivity contribution in [1.82, 2.24) is 4.90 Å². The van der Waals surface area contributed by atoms with Crippen molar-refractivity contribution in [3.63, 3.8) is 0 Å². The second-order valence-corrected chi connectivity index (χ2v) is 4.95. The molecule has 2 rings (SSSR count). The first-order valence-corrected chi connectivity index (χ1v) is 7.24. The van der Waals surface area contributed by atoms with Gasteiger partial charge in [-0.3, -0.25) is 4.79 Å². The van der Waals surface area contributed by atoms with E-state index in [-0.39, 0.29) is 5.91 Å². The number of benzene rings is 1. The molecule has 0 aromatic heterocycles. The number of hydrogen-bond donors (Lipinski definition) is 2. The number of nitrogen functional groups attached to an aromatic ring is 1. The Bertz CT molecular complexity index is 456. The van der Waals surface area contributed by atoms with Crippen molar-refractivity contribution in [1.29, 1.82) is 0 Å². The van der Waals surface area contributed by atoms with Crippen molar-refractivity contribution in [2.24, 2.45) is 0 Å². The highest BCUT2D eigenvalue weighted by Gasteiger charge is 2.16. The van der Waals surface area contributed by atoms with E-state index in [0.717, 1.165) is 31.6 Å². The zero-order chi connectivity index (χ0) is 14.4. The average molecular weight is 277 g/mol. The maximum Gasteiger partial charge on any atom is 0.224 e. The van der Waals surface area contributed by atoms with Crippen LogP contribution in [0.15, 0.2) is 18.2 Å². The van der Waals surface area contributed by atoms with Crippen LogP contribution in [-0.4, -0.2) is 37.0 Å². The van der Waals surface area contributed by atoms with Crippen molar-refractivity contribution < 1.29 is 9.53 Å². The summed E-state index contributed by atoms with van der Waals surface area (Å²) in [7, 11) is 0. The molecule has 1 aliphatic heterocycles. The Hall–Kier alpha value is -1.91. The Labute approximate surface area is 120 Å². The molecule has 20 heavy (non-hydrogen) atoms. The minimum Gasteiger partial charge on any atom is -0.492 e. The molecule has 0 unspecified atom stereocenters. The van der Waals surface area contributed by atoms with E-state index in [9.17, 15) is 4.79 Å². The normalized spacial score (nSPS) is 14.3. The van der Waals surface area contributed by atoms with Crippen LogP contribution in [0.25, 0.3) is 0 Å². The van der Waals surface area contributed by atoms with Crippen molar-refractivity contribution in [3.05, 3.63) is 18.2 Å². The first-order chi connectivity index (χ1) is 9.70. The molecule has 0 spiro atoms. The molecule has 3 N–H and O–H groups in total. The lowest BCUT2D eigenvalue weighted by molar-refractivity contribution is -0.129. The van der Waals surface area contributed by atoms with Crippen LogP contribution in [0.4, 0.5) is 11.4 Å². The van der Waals surface area contributed by atoms with Crippen molar-refractivity contribution in [3.8, 4) is 5.75 Å². The van der Waals surface area contributed by atoms with Crippen molar-refractivity contribution >= 4 is 17.3 Å². The molecule has 0 radical (unpaired) electrons. The van der Waals surface area contributed by atoms with Crippen LogP contribution in [0.3, 0.4) is 0 Å². The molecule has 1 heterocycles. The highest BCUT2D eigenvalue weighted by atomic mass is 16.5. The SMILES string of the molecule is CCOc1cc(NCCC(=O)N2CCCC2)ccc1N. The first kappa shape index (κ1) is 14.5. The second kappa shape index (κ2) is 7.03. The number of ether oxygens (including phenoxy) is 1. The Balaban J connectivity index is 1.81. The van der Waals surface area contributed by atoms with E-state index in [1.807, 2.05) is 30.0 Å². The van der Waals surface area contributed by atoms with Gasteiger partial charge >= 0.3 is 0 Å². The lowest BCUT2D eigenvalue weighted by Crippen LogP contribution is -2.29. The van der Waals surface area contributed by atoms with Gasteiger partial charge in [0, 0.05) is 37.8 Å². The summed E-state index contributed by atoms with van der Waals surface area (Å²) in [5, 5.41) is 3.24. The molecule has 110 valence electrons. The standard InChI is InChI=1S/C15H23N3O2/c1-2-20-14-11-12(5-6-13(14)16)17-8-7-15(19)18-9-3-4-10-18/h5-6,11,17H,2-4,7-10,16H2,1H3. The quantitative estimate of drug-likeness (QED) is 0.781. The van der Waals surface area contributed by atoms with Gasteiger partial charge < -0.3 is 20.7 Å². The summed E-state index contributed by atoms with van der Waals surface area (Å²) in [6.07, 6.45) is 2.79. The molecule has 1 aliphatic rings. The summed E-state index contributed by atoms with van der Waals surface area (Å²) in [6.45, 7) is 4.96. The van der Waals surface area contributed by atoms with E-state index < -0.39 is 0 Å². The van der Waals surface area contributed by atoms with Gasteiger partial charge in [0.2, 0.25) is 5.91 Å². The van der Waals surface area contributed by atoms with Gasteiger partial charge in [-0.05, 0) is 31.9 Å². The third-order valence-electron chi connectivity index (χ3n) is 3.44. The van der Waals surface area contributed by atoms with Crippen LogP contribution in [0.2, 0.25) is 0 Å². The third kappa shape index (κ3) is 3.79. The summed E-state index contributed by atoms with van der Waals surface area (Å²) in [6, 6.07) is 5.59. The van der Waals surface area contributed by atoms with Gasteiger partial charge in [0.05, 0.1) is 12.3 Å². The highest BCUT2D eigenvalue weighted by Crippen LogP contribution is 2.25. The van der Waals surface area contributed by atoms with Gasteiger partial charge in [0.15, 0.2) is 0 Å². The van der Waals surface area contributed by atoms with E-state index in [1.54, 1.807) is 0 Å². The summed E-state index contributed by atoms with van der Waals surface area (Å²) in [4.78, 5) is 13.8. The number of carbonyl (C=O) groups excluding carboxylic acids is 1. The molecule has 0 atom stereocenters. The fourth-order valence-corrected chi connectivity index (χ4v) is 2.36. The van der Waals surface area contributed by atoms with Crippen LogP contribution in [0.1, 0.15) is 26.2 Å². The lowest BCUT2D eigenvalue weighted by Gasteiger charge is -2.16. The summed E-state index contributed by atoms with van der Waals surface area (Å²) >= 11 is 0. The molecule has 5 heteroatoms. The minimum atomic E-state index is 0.232. The number of nitrogens with two attached hydrogens (primary N) is 1. The van der Waals surface area contributed by atoms with Gasteiger partial charge in [0.25, 0.3) is 0 Å². The minimum absolute atomic E-state index is 0.232. The molecular weight excluding hydrogens is 254 g/mol. The molecule has 0 aliphatic carbocycles. The lowest BCUT2D eigenvalue weighted by atomic mass is 10.2. The van der Waals surface area contributed by atoms with Gasteiger partial charge in [-0.25, -0.2) is 0 Å². The number of anilines is 2. The highest BCUT2D eigenvalue weighted by molar-refractivity contribution is 5.77. The zero-order valence-electron chi connectivity index (χ0n) is 12.0. The molecule has 0 bridgehead atoms. The Morgan fingerprint density at radius 2 is 2.15 bits per heavy atom. The summed E-state index contributed by atoms with van der Waals surface area (Å²) < 4.78 is 5.45. The number of rotatable bonds is 6. The van der Waals surface area contributed by atoms with E-state index in [1.165, 1.54) is 0 Å². The Kier molecular flexibility index (Phi) is 5.09. The summed E-state index contributed by atoms with van der Waals surface area (Å²) in [5.74, 6) is 0.916. The van der Waals surface area contributed by atoms with E-state index >= 15 is 0 Å². The topological polar surface area (TPSA) is 67.6 Å². The monoisotopic (exact) mass is 277 g/mol. The maximum absolute atomic E-state index is 11.9. The van der Waals surface area contributed by atoms with Gasteiger partial charge in [0.1, 0.15) is 5.75 Å². The maximum atomic E-state index is 11.9. The molecule has 1 saturated heterocycles. The van der Waals surface area contributed by atoms with E-state index in [2.05, 4.69) is 5.32 Å². The Morgan fingerprint density at radius 1 is 1.40 bits per heavy atom. The fourth-order valence-electron chi connectivity index (χ4n) is 2.36.